The quantitative estimate of drug-likeness (QED) is 0.166. The molecule has 1 amide bonds. The van der Waals surface area contributed by atoms with Gasteiger partial charge in [0.05, 0.1) is 35.1 Å². The lowest BCUT2D eigenvalue weighted by Gasteiger charge is -2.39. The van der Waals surface area contributed by atoms with Gasteiger partial charge in [0.2, 0.25) is 11.8 Å². The van der Waals surface area contributed by atoms with Crippen molar-refractivity contribution >= 4 is 58.9 Å². The number of amides is 1. The number of nitrogens with zero attached hydrogens (tertiary/aromatic N) is 3. The first-order valence-electron chi connectivity index (χ1n) is 15.0. The van der Waals surface area contributed by atoms with E-state index in [0.29, 0.717) is 47.3 Å². The number of methoxy groups -OCH3 is 1. The Bertz CT molecular complexity index is 1620. The van der Waals surface area contributed by atoms with Crippen molar-refractivity contribution in [3.8, 4) is 0 Å². The average molecular weight is 676 g/mol. The molecule has 2 unspecified atom stereocenters. The molecule has 2 fully saturated rings. The third-order valence-electron chi connectivity index (χ3n) is 8.82. The monoisotopic (exact) mass is 674 g/mol. The van der Waals surface area contributed by atoms with Crippen molar-refractivity contribution in [2.45, 2.75) is 37.6 Å². The van der Waals surface area contributed by atoms with Crippen LogP contribution in [0.3, 0.4) is 0 Å². The van der Waals surface area contributed by atoms with Crippen LogP contribution in [0.1, 0.15) is 41.6 Å². The topological polar surface area (TPSA) is 74.2 Å². The summed E-state index contributed by atoms with van der Waals surface area (Å²) in [5.74, 6) is -5.63. The molecule has 1 heterocycles. The Morgan fingerprint density at radius 1 is 1.13 bits per heavy atom. The van der Waals surface area contributed by atoms with E-state index in [0.717, 1.165) is 0 Å². The molecule has 1 saturated carbocycles. The standard InChI is InChI=1S/C34H35Cl2F3N4O3/c1-4-42(28-12-11-21(33(45)46-3)13-27(28)40-2)18-22-19-43(17-20-15-34(38,39)16-20)31(29(22)25-9-6-10-26(36)30(25)37)32(44)41-24-8-5-7-23(35)14-24/h5-14,20,22,29,31H,2,4,15-19H2,1,3H3,(H,41,44)/t22-,29?,31?/m1/s1. The Hall–Kier alpha value is -3.60. The molecule has 3 aromatic rings. The number of aliphatic imine (C=N–C) groups is 1. The summed E-state index contributed by atoms with van der Waals surface area (Å²) >= 11 is 12.4. The minimum absolute atomic E-state index is 0.0776. The summed E-state index contributed by atoms with van der Waals surface area (Å²) in [6, 6.07) is 15.5. The molecule has 0 spiro atoms. The van der Waals surface area contributed by atoms with Crippen LogP contribution in [0.25, 0.3) is 0 Å². The number of rotatable bonds is 11. The normalized spacial score (nSPS) is 21.0. The van der Waals surface area contributed by atoms with Crippen LogP contribution in [0.5, 0.6) is 0 Å². The van der Waals surface area contributed by atoms with Gasteiger partial charge in [-0.15, -0.1) is 0 Å². The molecule has 1 aliphatic heterocycles. The van der Waals surface area contributed by atoms with Gasteiger partial charge in [0.25, 0.3) is 0 Å². The SMILES string of the molecule is C=Nc1cc(C(=O)OC)ccc1N(CC)C[C@@H]1CN(CC2CC(F)(F)C2)C(C(=O)Nc2cccc(Cl)c2)C1c1cccc(Cl)c1F. The fourth-order valence-electron chi connectivity index (χ4n) is 6.77. The zero-order chi connectivity index (χ0) is 33.2. The maximum absolute atomic E-state index is 15.8. The van der Waals surface area contributed by atoms with Gasteiger partial charge in [-0.2, -0.15) is 0 Å². The minimum atomic E-state index is -2.73. The van der Waals surface area contributed by atoms with Gasteiger partial charge in [0.1, 0.15) is 5.82 Å². The molecule has 0 aromatic heterocycles. The molecule has 3 aromatic carbocycles. The van der Waals surface area contributed by atoms with E-state index in [4.69, 9.17) is 27.9 Å². The van der Waals surface area contributed by atoms with Crippen molar-refractivity contribution in [3.05, 3.63) is 87.7 Å². The summed E-state index contributed by atoms with van der Waals surface area (Å²) in [7, 11) is 1.29. The highest BCUT2D eigenvalue weighted by Crippen LogP contribution is 2.47. The van der Waals surface area contributed by atoms with Gasteiger partial charge < -0.3 is 15.0 Å². The summed E-state index contributed by atoms with van der Waals surface area (Å²) in [6.45, 7) is 7.07. The van der Waals surface area contributed by atoms with Crippen LogP contribution in [-0.2, 0) is 9.53 Å². The van der Waals surface area contributed by atoms with Gasteiger partial charge in [-0.3, -0.25) is 14.7 Å². The average Bonchev–Trinajstić information content (AvgIpc) is 3.36. The van der Waals surface area contributed by atoms with Gasteiger partial charge in [0.15, 0.2) is 0 Å². The molecule has 46 heavy (non-hydrogen) atoms. The Morgan fingerprint density at radius 3 is 2.52 bits per heavy atom. The number of carbonyl (C=O) groups is 2. The smallest absolute Gasteiger partial charge is 0.337 e. The van der Waals surface area contributed by atoms with E-state index in [9.17, 15) is 18.4 Å². The van der Waals surface area contributed by atoms with Crippen molar-refractivity contribution < 1.29 is 27.5 Å². The van der Waals surface area contributed by atoms with Crippen LogP contribution in [0.4, 0.5) is 30.2 Å². The molecule has 12 heteroatoms. The van der Waals surface area contributed by atoms with Crippen molar-refractivity contribution in [2.24, 2.45) is 16.8 Å². The largest absolute Gasteiger partial charge is 0.465 e. The fourth-order valence-corrected chi connectivity index (χ4v) is 7.15. The molecule has 1 N–H and O–H groups in total. The first-order valence-corrected chi connectivity index (χ1v) is 15.8. The summed E-state index contributed by atoms with van der Waals surface area (Å²) in [5, 5.41) is 3.27. The Kier molecular flexibility index (Phi) is 10.3. The lowest BCUT2D eigenvalue weighted by atomic mass is 9.80. The van der Waals surface area contributed by atoms with Gasteiger partial charge in [0, 0.05) is 55.6 Å². The highest BCUT2D eigenvalue weighted by Gasteiger charge is 2.52. The lowest BCUT2D eigenvalue weighted by Crippen LogP contribution is -2.48. The molecule has 5 rings (SSSR count). The third-order valence-corrected chi connectivity index (χ3v) is 9.35. The Labute approximate surface area is 276 Å². The second kappa shape index (κ2) is 14.0. The summed E-state index contributed by atoms with van der Waals surface area (Å²) in [5.41, 5.74) is 2.18. The summed E-state index contributed by atoms with van der Waals surface area (Å²) in [4.78, 5) is 34.4. The van der Waals surface area contributed by atoms with Gasteiger partial charge in [-0.05, 0) is 73.5 Å². The molecule has 1 saturated heterocycles. The van der Waals surface area contributed by atoms with E-state index in [1.165, 1.54) is 13.2 Å². The number of esters is 1. The Morgan fingerprint density at radius 2 is 1.87 bits per heavy atom. The molecule has 1 aliphatic carbocycles. The number of benzene rings is 3. The van der Waals surface area contributed by atoms with Gasteiger partial charge in [-0.25, -0.2) is 18.0 Å². The van der Waals surface area contributed by atoms with Crippen molar-refractivity contribution in [2.75, 3.05) is 43.5 Å². The number of halogens is 5. The highest BCUT2D eigenvalue weighted by molar-refractivity contribution is 6.31. The molecular formula is C34H35Cl2F3N4O3. The first-order chi connectivity index (χ1) is 21.9. The zero-order valence-corrected chi connectivity index (χ0v) is 27.0. The number of hydrogen-bond acceptors (Lipinski definition) is 6. The van der Waals surface area contributed by atoms with Crippen LogP contribution in [0.15, 0.2) is 65.7 Å². The van der Waals surface area contributed by atoms with Crippen LogP contribution in [0, 0.1) is 17.7 Å². The first kappa shape index (κ1) is 33.8. The van der Waals surface area contributed by atoms with Crippen LogP contribution < -0.4 is 10.2 Å². The summed E-state index contributed by atoms with van der Waals surface area (Å²) < 4.78 is 48.5. The highest BCUT2D eigenvalue weighted by atomic mass is 35.5. The molecule has 0 radical (unpaired) electrons. The number of carbonyl (C=O) groups excluding carboxylic acids is 2. The molecule has 3 atom stereocenters. The number of likely N-dealkylation sites (tertiary alicyclic amines) is 1. The van der Waals surface area contributed by atoms with E-state index in [-0.39, 0.29) is 41.8 Å². The van der Waals surface area contributed by atoms with E-state index in [1.54, 1.807) is 54.6 Å². The van der Waals surface area contributed by atoms with Crippen molar-refractivity contribution in [1.82, 2.24) is 4.90 Å². The van der Waals surface area contributed by atoms with Crippen LogP contribution in [0.2, 0.25) is 10.0 Å². The van der Waals surface area contributed by atoms with E-state index in [1.807, 2.05) is 16.7 Å². The Balaban J connectivity index is 1.55. The molecule has 7 nitrogen and oxygen atoms in total. The summed E-state index contributed by atoms with van der Waals surface area (Å²) in [6.07, 6.45) is -0.538. The predicted octanol–water partition coefficient (Wildman–Crippen LogP) is 7.85. The number of ether oxygens (including phenoxy) is 1. The fraction of sp³-hybridized carbons (Fsp3) is 0.382. The van der Waals surface area contributed by atoms with E-state index >= 15 is 4.39 Å². The maximum atomic E-state index is 15.8. The van der Waals surface area contributed by atoms with Gasteiger partial charge >= 0.3 is 5.97 Å². The molecule has 244 valence electrons. The maximum Gasteiger partial charge on any atom is 0.337 e. The minimum Gasteiger partial charge on any atom is -0.465 e. The molecular weight excluding hydrogens is 640 g/mol. The van der Waals surface area contributed by atoms with E-state index < -0.39 is 35.6 Å². The van der Waals surface area contributed by atoms with Gasteiger partial charge in [-0.1, -0.05) is 41.4 Å². The number of hydrogen-bond donors (Lipinski definition) is 1. The number of anilines is 2. The van der Waals surface area contributed by atoms with Crippen LogP contribution >= 0.6 is 23.2 Å². The predicted molar refractivity (Wildman–Crippen MR) is 176 cm³/mol. The van der Waals surface area contributed by atoms with Crippen molar-refractivity contribution in [3.63, 3.8) is 0 Å². The number of nitrogens with one attached hydrogen (secondary N) is 1. The van der Waals surface area contributed by atoms with E-state index in [2.05, 4.69) is 17.0 Å². The molecule has 0 bridgehead atoms. The number of alkyl halides is 2. The third kappa shape index (κ3) is 7.19. The second-order valence-corrected chi connectivity index (χ2v) is 12.7. The van der Waals surface area contributed by atoms with Crippen LogP contribution in [-0.4, -0.2) is 68.7 Å². The van der Waals surface area contributed by atoms with Crippen molar-refractivity contribution in [1.29, 1.82) is 0 Å². The zero-order valence-electron chi connectivity index (χ0n) is 25.5. The second-order valence-electron chi connectivity index (χ2n) is 11.8. The molecule has 2 aliphatic rings. The lowest BCUT2D eigenvalue weighted by molar-refractivity contribution is -0.126.